The molecule has 6 N–H and O–H groups in total. The van der Waals surface area contributed by atoms with Gasteiger partial charge in [0.25, 0.3) is 0 Å². The number of oxime groups is 6. The molecule has 0 spiro atoms. The van der Waals surface area contributed by atoms with E-state index in [1.807, 2.05) is 0 Å². The van der Waals surface area contributed by atoms with E-state index in [4.69, 9.17) is 31.2 Å². The zero-order valence-electron chi connectivity index (χ0n) is 33.1. The summed E-state index contributed by atoms with van der Waals surface area (Å²) < 4.78 is 0. The largest absolute Gasteiger partial charge is 4.00 e. The number of hydrogen-bond acceptors (Lipinski definition) is 18. The normalized spacial score (nSPS) is 19.1. The van der Waals surface area contributed by atoms with Gasteiger partial charge in [0, 0.05) is 98.0 Å². The number of nitrogens with zero attached hydrogens (tertiary/aromatic N) is 12. The first kappa shape index (κ1) is 61.3. The molecule has 2 heterocycles. The molecule has 0 saturated carbocycles. The zero-order chi connectivity index (χ0) is 37.7. The fourth-order valence-corrected chi connectivity index (χ4v) is 3.15. The first-order chi connectivity index (χ1) is 22.5. The Morgan fingerprint density at radius 2 is 0.373 bits per heavy atom. The topological polar surface area (TPSA) is 215 Å². The van der Waals surface area contributed by atoms with E-state index in [0.717, 1.165) is 0 Å². The maximum atomic E-state index is 8.03. The second-order valence-electron chi connectivity index (χ2n) is 11.9. The Hall–Kier alpha value is -1.73. The smallest absolute Gasteiger partial charge is 0.411 e. The van der Waals surface area contributed by atoms with Crippen molar-refractivity contribution < 1.29 is 85.4 Å². The van der Waals surface area contributed by atoms with Gasteiger partial charge in [-0.05, 0) is 83.8 Å². The van der Waals surface area contributed by atoms with Crippen molar-refractivity contribution in [3.63, 3.8) is 0 Å². The summed E-state index contributed by atoms with van der Waals surface area (Å²) in [5.41, 5.74) is 1.88. The Balaban J connectivity index is -0.000000124. The first-order valence-corrected chi connectivity index (χ1v) is 15.8. The van der Waals surface area contributed by atoms with Crippen LogP contribution in [0.2, 0.25) is 0 Å². The first-order valence-electron chi connectivity index (χ1n) is 15.8. The van der Waals surface area contributed by atoms with E-state index < -0.39 is 0 Å². The Morgan fingerprint density at radius 3 is 0.431 bits per heavy atom. The molecule has 0 aliphatic carbocycles. The van der Waals surface area contributed by atoms with Crippen LogP contribution in [0.15, 0.2) is 30.9 Å². The molecule has 51 heavy (non-hydrogen) atoms. The maximum absolute atomic E-state index is 8.03. The van der Waals surface area contributed by atoms with Gasteiger partial charge in [0.1, 0.15) is 34.3 Å². The molecule has 0 unspecified atom stereocenters. The van der Waals surface area contributed by atoms with Crippen LogP contribution < -0.4 is 0 Å². The van der Waals surface area contributed by atoms with Crippen molar-refractivity contribution in [1.82, 2.24) is 29.4 Å². The van der Waals surface area contributed by atoms with Crippen LogP contribution >= 0.6 is 0 Å². The molecule has 0 atom stereocenters. The van der Waals surface area contributed by atoms with Gasteiger partial charge in [0.15, 0.2) is 0 Å². The van der Waals surface area contributed by atoms with Crippen LogP contribution in [0.25, 0.3) is 0 Å². The van der Waals surface area contributed by atoms with Gasteiger partial charge in [-0.15, -0.1) is 0 Å². The molecule has 21 heteroatoms. The minimum absolute atomic E-state index is 0. The third kappa shape index (κ3) is 37.8. The van der Waals surface area contributed by atoms with Crippen molar-refractivity contribution in [2.45, 2.75) is 41.5 Å². The predicted molar refractivity (Wildman–Crippen MR) is 194 cm³/mol. The maximum Gasteiger partial charge on any atom is 4.00 e. The molecular formula is C30H66Cr2N12O6Zn+8. The minimum Gasteiger partial charge on any atom is -0.411 e. The summed E-state index contributed by atoms with van der Waals surface area (Å²) in [6.45, 7) is 23.6. The van der Waals surface area contributed by atoms with E-state index in [0.29, 0.717) is 34.3 Å². The summed E-state index contributed by atoms with van der Waals surface area (Å²) in [4.78, 5) is 14.4. The van der Waals surface area contributed by atoms with Crippen molar-refractivity contribution in [2.75, 3.05) is 121 Å². The third-order valence-corrected chi connectivity index (χ3v) is 7.65. The number of likely N-dealkylation sites (N-methyl/N-ethyl adjacent to an activating group) is 6. The predicted octanol–water partition coefficient (Wildman–Crippen LogP) is 1.64. The molecule has 18 nitrogen and oxygen atoms in total. The van der Waals surface area contributed by atoms with E-state index in [2.05, 4.69) is 103 Å². The number of hydrogen-bond donors (Lipinski definition) is 6. The fourth-order valence-electron chi connectivity index (χ4n) is 3.15. The molecule has 0 aromatic heterocycles. The molecule has 2 saturated heterocycles. The average Bonchev–Trinajstić information content (AvgIpc) is 3.22. The summed E-state index contributed by atoms with van der Waals surface area (Å²) in [6, 6.07) is 0. The standard InChI is InChI=1S/2C9H21N3.3C4H8N2O2.2Cr.Zn/c2*1-10-4-6-11(2)8-9-12(3)7-5-10;3*1-3(5-7)4(2)6-8;;;/h2*4-9H2,1-3H3;3*7-8H,1-2H3;;;/q;;;;;2*+4;. The molecule has 288 valence electrons. The second kappa shape index (κ2) is 39.5. The zero-order valence-corrected chi connectivity index (χ0v) is 38.6. The molecule has 0 radical (unpaired) electrons. The van der Waals surface area contributed by atoms with Crippen LogP contribution in [0, 0.1) is 0 Å². The summed E-state index contributed by atoms with van der Waals surface area (Å²) in [6.07, 6.45) is 0. The van der Waals surface area contributed by atoms with Gasteiger partial charge in [-0.2, -0.15) is 0 Å². The van der Waals surface area contributed by atoms with Crippen molar-refractivity contribution >= 4 is 34.3 Å². The minimum atomic E-state index is 0. The summed E-state index contributed by atoms with van der Waals surface area (Å²) >= 11 is 0. The Kier molecular flexibility index (Phi) is 47.5. The van der Waals surface area contributed by atoms with Crippen LogP contribution in [0.3, 0.4) is 0 Å². The Labute approximate surface area is 340 Å². The fraction of sp³-hybridized carbons (Fsp3) is 0.800. The van der Waals surface area contributed by atoms with Crippen LogP contribution in [0.5, 0.6) is 0 Å². The van der Waals surface area contributed by atoms with Gasteiger partial charge in [-0.1, -0.05) is 30.9 Å². The van der Waals surface area contributed by atoms with Crippen molar-refractivity contribution in [2.24, 2.45) is 30.9 Å². The SMILES string of the molecule is CC(=NO)C(C)=NO.CC(=NO)C(C)=NO.CC(=NO)C(C)=NO.CN1CCN(C)CCN(C)CC1.CN1CCN(C)CCN(C)CC1.[Cr+4].[Cr+4].[Zn]. The second-order valence-corrected chi connectivity index (χ2v) is 11.9. The molecule has 0 amide bonds. The van der Waals surface area contributed by atoms with E-state index >= 15 is 0 Å². The van der Waals surface area contributed by atoms with Gasteiger partial charge in [-0.25, -0.2) is 0 Å². The summed E-state index contributed by atoms with van der Waals surface area (Å²) in [7, 11) is 13.2. The van der Waals surface area contributed by atoms with Gasteiger partial charge < -0.3 is 60.6 Å². The summed E-state index contributed by atoms with van der Waals surface area (Å²) in [5, 5.41) is 64.9. The quantitative estimate of drug-likeness (QED) is 0.104. The van der Waals surface area contributed by atoms with Crippen molar-refractivity contribution in [1.29, 1.82) is 0 Å². The molecule has 2 rings (SSSR count). The van der Waals surface area contributed by atoms with E-state index in [9.17, 15) is 0 Å². The molecule has 0 aromatic carbocycles. The molecule has 2 aliphatic heterocycles. The van der Waals surface area contributed by atoms with Gasteiger partial charge >= 0.3 is 34.7 Å². The summed E-state index contributed by atoms with van der Waals surface area (Å²) in [5.74, 6) is 0. The van der Waals surface area contributed by atoms with Gasteiger partial charge in [0.2, 0.25) is 0 Å². The average molecular weight is 860 g/mol. The van der Waals surface area contributed by atoms with Crippen LogP contribution in [-0.2, 0) is 54.2 Å². The molecular weight excluding hydrogens is 794 g/mol. The van der Waals surface area contributed by atoms with Crippen LogP contribution in [0.4, 0.5) is 0 Å². The number of rotatable bonds is 3. The van der Waals surface area contributed by atoms with Gasteiger partial charge in [-0.3, -0.25) is 0 Å². The van der Waals surface area contributed by atoms with Crippen LogP contribution in [-0.4, -0.2) is 216 Å². The van der Waals surface area contributed by atoms with Crippen molar-refractivity contribution in [3.8, 4) is 0 Å². The van der Waals surface area contributed by atoms with E-state index in [-0.39, 0.29) is 54.2 Å². The Morgan fingerprint density at radius 1 is 0.294 bits per heavy atom. The van der Waals surface area contributed by atoms with E-state index in [1.54, 1.807) is 0 Å². The van der Waals surface area contributed by atoms with Gasteiger partial charge in [0.05, 0.1) is 0 Å². The van der Waals surface area contributed by atoms with Crippen molar-refractivity contribution in [3.05, 3.63) is 0 Å². The monoisotopic (exact) mass is 858 g/mol. The molecule has 2 aliphatic rings. The molecule has 0 bridgehead atoms. The Bertz CT molecular complexity index is 800. The molecule has 2 fully saturated rings. The molecule has 0 aromatic rings. The van der Waals surface area contributed by atoms with Crippen LogP contribution in [0.1, 0.15) is 41.5 Å². The van der Waals surface area contributed by atoms with E-state index in [1.165, 1.54) is 120 Å². The third-order valence-electron chi connectivity index (χ3n) is 7.65.